The molecule has 6 heteroatoms. The molecule has 1 fully saturated rings. The number of halogens is 1. The lowest BCUT2D eigenvalue weighted by Gasteiger charge is -2.38. The Labute approximate surface area is 178 Å². The molecular weight excluding hydrogens is 386 g/mol. The number of amides is 1. The van der Waals surface area contributed by atoms with Crippen molar-refractivity contribution in [3.05, 3.63) is 70.7 Å². The molecule has 0 spiro atoms. The molecule has 156 valence electrons. The number of ether oxygens (including phenoxy) is 1. The van der Waals surface area contributed by atoms with E-state index in [1.807, 2.05) is 49.4 Å². The minimum absolute atomic E-state index is 0.00563. The maximum Gasteiger partial charge on any atom is 0.234 e. The van der Waals surface area contributed by atoms with Crippen LogP contribution in [0.25, 0.3) is 0 Å². The fourth-order valence-corrected chi connectivity index (χ4v) is 4.19. The number of hydrogen-bond donors (Lipinski definition) is 2. The molecule has 0 bridgehead atoms. The Bertz CT molecular complexity index is 781. The predicted octanol–water partition coefficient (Wildman–Crippen LogP) is 3.57. The van der Waals surface area contributed by atoms with Crippen molar-refractivity contribution in [2.24, 2.45) is 0 Å². The van der Waals surface area contributed by atoms with Crippen LogP contribution in [0.5, 0.6) is 0 Å². The summed E-state index contributed by atoms with van der Waals surface area (Å²) in [5.74, 6) is -0.0226. The molecule has 1 heterocycles. The van der Waals surface area contributed by atoms with Gasteiger partial charge in [0, 0.05) is 30.2 Å². The van der Waals surface area contributed by atoms with Gasteiger partial charge in [0.2, 0.25) is 5.91 Å². The van der Waals surface area contributed by atoms with E-state index in [-0.39, 0.29) is 30.6 Å². The van der Waals surface area contributed by atoms with Crippen LogP contribution in [0.3, 0.4) is 0 Å². The zero-order valence-corrected chi connectivity index (χ0v) is 17.9. The molecular formula is C23H30ClN3O2. The van der Waals surface area contributed by atoms with Crippen LogP contribution in [0, 0.1) is 0 Å². The lowest BCUT2D eigenvalue weighted by atomic mass is 9.98. The molecule has 3 rings (SSSR count). The molecule has 1 amide bonds. The van der Waals surface area contributed by atoms with Gasteiger partial charge in [-0.15, -0.1) is 0 Å². The predicted molar refractivity (Wildman–Crippen MR) is 117 cm³/mol. The summed E-state index contributed by atoms with van der Waals surface area (Å²) in [6.45, 7) is 7.49. The number of carbonyl (C=O) groups is 1. The van der Waals surface area contributed by atoms with Crippen molar-refractivity contribution in [3.8, 4) is 0 Å². The highest BCUT2D eigenvalue weighted by Crippen LogP contribution is 2.25. The Morgan fingerprint density at radius 2 is 1.72 bits per heavy atom. The smallest absolute Gasteiger partial charge is 0.234 e. The Morgan fingerprint density at radius 1 is 1.07 bits per heavy atom. The standard InChI is InChI=1S/C23H30ClN3O2/c1-17(20-10-6-7-11-21(20)24)25-16-22(28)26-18(2)23(19-8-4-3-5-9-19)27-12-14-29-15-13-27/h3-11,17-18,23,25H,12-16H2,1-2H3,(H,26,28)/t17-,18+,23+/m1/s1. The molecule has 5 nitrogen and oxygen atoms in total. The molecule has 0 aromatic heterocycles. The fraction of sp³-hybridized carbons (Fsp3) is 0.435. The summed E-state index contributed by atoms with van der Waals surface area (Å²) < 4.78 is 5.51. The minimum atomic E-state index is -0.0274. The first kappa shape index (κ1) is 21.8. The Balaban J connectivity index is 1.60. The number of nitrogens with one attached hydrogen (secondary N) is 2. The third-order valence-electron chi connectivity index (χ3n) is 5.38. The summed E-state index contributed by atoms with van der Waals surface area (Å²) in [6.07, 6.45) is 0. The van der Waals surface area contributed by atoms with E-state index in [9.17, 15) is 4.79 Å². The van der Waals surface area contributed by atoms with Crippen molar-refractivity contribution >= 4 is 17.5 Å². The second-order valence-electron chi connectivity index (χ2n) is 7.48. The molecule has 29 heavy (non-hydrogen) atoms. The van der Waals surface area contributed by atoms with Crippen molar-refractivity contribution in [1.82, 2.24) is 15.5 Å². The van der Waals surface area contributed by atoms with Crippen LogP contribution in [-0.2, 0) is 9.53 Å². The molecule has 3 atom stereocenters. The van der Waals surface area contributed by atoms with E-state index in [4.69, 9.17) is 16.3 Å². The van der Waals surface area contributed by atoms with E-state index in [0.29, 0.717) is 5.02 Å². The van der Waals surface area contributed by atoms with Gasteiger partial charge < -0.3 is 15.4 Å². The number of hydrogen-bond acceptors (Lipinski definition) is 4. The highest BCUT2D eigenvalue weighted by molar-refractivity contribution is 6.31. The summed E-state index contributed by atoms with van der Waals surface area (Å²) in [6, 6.07) is 18.1. The van der Waals surface area contributed by atoms with Gasteiger partial charge in [-0.05, 0) is 31.0 Å². The highest BCUT2D eigenvalue weighted by Gasteiger charge is 2.28. The third kappa shape index (κ3) is 6.03. The second kappa shape index (κ2) is 10.7. The molecule has 0 aliphatic carbocycles. The first-order valence-corrected chi connectivity index (χ1v) is 10.6. The van der Waals surface area contributed by atoms with Gasteiger partial charge in [-0.3, -0.25) is 9.69 Å². The molecule has 0 unspecified atom stereocenters. The first-order valence-electron chi connectivity index (χ1n) is 10.2. The quantitative estimate of drug-likeness (QED) is 0.692. The SMILES string of the molecule is C[C@H](NC(=O)CN[C@H](C)c1ccccc1Cl)[C@@H](c1ccccc1)N1CCOCC1. The van der Waals surface area contributed by atoms with Crippen molar-refractivity contribution in [3.63, 3.8) is 0 Å². The van der Waals surface area contributed by atoms with Crippen molar-refractivity contribution in [1.29, 1.82) is 0 Å². The van der Waals surface area contributed by atoms with Crippen LogP contribution in [0.4, 0.5) is 0 Å². The van der Waals surface area contributed by atoms with Gasteiger partial charge in [0.15, 0.2) is 0 Å². The van der Waals surface area contributed by atoms with Crippen LogP contribution in [-0.4, -0.2) is 49.7 Å². The molecule has 1 saturated heterocycles. The number of benzene rings is 2. The van der Waals surface area contributed by atoms with Crippen LogP contribution in [0.15, 0.2) is 54.6 Å². The van der Waals surface area contributed by atoms with Crippen molar-refractivity contribution in [2.45, 2.75) is 32.0 Å². The van der Waals surface area contributed by atoms with Crippen LogP contribution in [0.1, 0.15) is 37.1 Å². The molecule has 1 aliphatic heterocycles. The fourth-order valence-electron chi connectivity index (χ4n) is 3.89. The van der Waals surface area contributed by atoms with Crippen molar-refractivity contribution < 1.29 is 9.53 Å². The van der Waals surface area contributed by atoms with Gasteiger partial charge in [-0.25, -0.2) is 0 Å². The van der Waals surface area contributed by atoms with E-state index in [1.54, 1.807) is 0 Å². The average Bonchev–Trinajstić information content (AvgIpc) is 2.74. The average molecular weight is 416 g/mol. The van der Waals surface area contributed by atoms with E-state index in [1.165, 1.54) is 5.56 Å². The number of rotatable bonds is 8. The van der Waals surface area contributed by atoms with Gasteiger partial charge in [0.25, 0.3) is 0 Å². The molecule has 2 aromatic rings. The van der Waals surface area contributed by atoms with Gasteiger partial charge in [-0.2, -0.15) is 0 Å². The lowest BCUT2D eigenvalue weighted by molar-refractivity contribution is -0.121. The molecule has 0 saturated carbocycles. The topological polar surface area (TPSA) is 53.6 Å². The van der Waals surface area contributed by atoms with Gasteiger partial charge in [0.05, 0.1) is 25.8 Å². The van der Waals surface area contributed by atoms with Crippen molar-refractivity contribution in [2.75, 3.05) is 32.8 Å². The normalized spacial score (nSPS) is 18.0. The number of nitrogens with zero attached hydrogens (tertiary/aromatic N) is 1. The van der Waals surface area contributed by atoms with E-state index in [0.717, 1.165) is 31.9 Å². The van der Waals surface area contributed by atoms with E-state index in [2.05, 4.69) is 34.6 Å². The molecule has 2 N–H and O–H groups in total. The summed E-state index contributed by atoms with van der Waals surface area (Å²) in [5.41, 5.74) is 2.20. The maximum absolute atomic E-state index is 12.6. The van der Waals surface area contributed by atoms with Gasteiger partial charge >= 0.3 is 0 Å². The van der Waals surface area contributed by atoms with Crippen LogP contribution in [0.2, 0.25) is 5.02 Å². The van der Waals surface area contributed by atoms with Crippen LogP contribution < -0.4 is 10.6 Å². The number of carbonyl (C=O) groups excluding carboxylic acids is 1. The molecule has 1 aliphatic rings. The monoisotopic (exact) mass is 415 g/mol. The third-order valence-corrected chi connectivity index (χ3v) is 5.73. The minimum Gasteiger partial charge on any atom is -0.379 e. The van der Waals surface area contributed by atoms with E-state index < -0.39 is 0 Å². The summed E-state index contributed by atoms with van der Waals surface area (Å²) in [7, 11) is 0. The highest BCUT2D eigenvalue weighted by atomic mass is 35.5. The Morgan fingerprint density at radius 3 is 2.41 bits per heavy atom. The summed E-state index contributed by atoms with van der Waals surface area (Å²) in [4.78, 5) is 15.0. The Kier molecular flexibility index (Phi) is 8.07. The van der Waals surface area contributed by atoms with Gasteiger partial charge in [-0.1, -0.05) is 60.1 Å². The zero-order chi connectivity index (χ0) is 20.6. The zero-order valence-electron chi connectivity index (χ0n) is 17.1. The maximum atomic E-state index is 12.6. The lowest BCUT2D eigenvalue weighted by Crippen LogP contribution is -2.49. The summed E-state index contributed by atoms with van der Waals surface area (Å²) >= 11 is 6.26. The number of morpholine rings is 1. The van der Waals surface area contributed by atoms with Gasteiger partial charge in [0.1, 0.15) is 0 Å². The molecule has 2 aromatic carbocycles. The molecule has 0 radical (unpaired) electrons. The van der Waals surface area contributed by atoms with Crippen LogP contribution >= 0.6 is 11.6 Å². The largest absolute Gasteiger partial charge is 0.379 e. The summed E-state index contributed by atoms with van der Waals surface area (Å²) in [5, 5.41) is 7.16. The van der Waals surface area contributed by atoms with E-state index >= 15 is 0 Å². The first-order chi connectivity index (χ1) is 14.1. The second-order valence-corrected chi connectivity index (χ2v) is 7.89. The Hall–Kier alpha value is -1.92.